The van der Waals surface area contributed by atoms with Crippen molar-refractivity contribution in [2.45, 2.75) is 6.92 Å². The molecule has 0 atom stereocenters. The van der Waals surface area contributed by atoms with Crippen molar-refractivity contribution in [2.75, 3.05) is 18.9 Å². The first-order valence-electron chi connectivity index (χ1n) is 5.95. The van der Waals surface area contributed by atoms with E-state index in [1.807, 2.05) is 19.1 Å². The number of anilines is 1. The van der Waals surface area contributed by atoms with E-state index in [4.69, 9.17) is 15.2 Å². The Morgan fingerprint density at radius 1 is 1.15 bits per heavy atom. The minimum atomic E-state index is 0.415. The minimum absolute atomic E-state index is 0.415. The summed E-state index contributed by atoms with van der Waals surface area (Å²) < 4.78 is 12.7. The van der Waals surface area contributed by atoms with Crippen molar-refractivity contribution in [1.29, 1.82) is 0 Å². The number of benzene rings is 1. The van der Waals surface area contributed by atoms with Crippen LogP contribution in [0.25, 0.3) is 11.4 Å². The fourth-order valence-electron chi connectivity index (χ4n) is 1.95. The molecule has 0 radical (unpaired) electrons. The summed E-state index contributed by atoms with van der Waals surface area (Å²) in [5, 5.41) is 0. The minimum Gasteiger partial charge on any atom is -0.486 e. The van der Waals surface area contributed by atoms with Crippen molar-refractivity contribution >= 4 is 37.7 Å². The van der Waals surface area contributed by atoms with Gasteiger partial charge in [0.1, 0.15) is 19.0 Å². The van der Waals surface area contributed by atoms with Crippen molar-refractivity contribution in [1.82, 2.24) is 9.97 Å². The van der Waals surface area contributed by atoms with Gasteiger partial charge in [-0.15, -0.1) is 0 Å². The highest BCUT2D eigenvalue weighted by molar-refractivity contribution is 9.11. The van der Waals surface area contributed by atoms with Crippen LogP contribution in [0.4, 0.5) is 5.82 Å². The van der Waals surface area contributed by atoms with Crippen LogP contribution in [0.1, 0.15) is 5.69 Å². The van der Waals surface area contributed by atoms with E-state index in [-0.39, 0.29) is 0 Å². The summed E-state index contributed by atoms with van der Waals surface area (Å²) in [4.78, 5) is 8.74. The second-order valence-electron chi connectivity index (χ2n) is 4.31. The van der Waals surface area contributed by atoms with E-state index in [0.717, 1.165) is 20.2 Å². The van der Waals surface area contributed by atoms with Crippen molar-refractivity contribution < 1.29 is 9.47 Å². The third kappa shape index (κ3) is 2.35. The molecule has 0 bridgehead atoms. The number of halogens is 2. The highest BCUT2D eigenvalue weighted by atomic mass is 79.9. The average Bonchev–Trinajstić information content (AvgIpc) is 2.44. The number of hydrogen-bond donors (Lipinski definition) is 1. The van der Waals surface area contributed by atoms with Gasteiger partial charge in [-0.05, 0) is 50.9 Å². The van der Waals surface area contributed by atoms with Gasteiger partial charge in [0.25, 0.3) is 0 Å². The maximum Gasteiger partial charge on any atom is 0.175 e. The Balaban J connectivity index is 2.13. The molecule has 2 heterocycles. The third-order valence-corrected chi connectivity index (χ3v) is 4.47. The molecule has 0 aliphatic carbocycles. The van der Waals surface area contributed by atoms with Crippen LogP contribution in [0.3, 0.4) is 0 Å². The van der Waals surface area contributed by atoms with Crippen LogP contribution < -0.4 is 15.2 Å². The van der Waals surface area contributed by atoms with Gasteiger partial charge in [-0.25, -0.2) is 9.97 Å². The fraction of sp³-hybridized carbons (Fsp3) is 0.231. The molecule has 0 saturated carbocycles. The van der Waals surface area contributed by atoms with E-state index in [9.17, 15) is 0 Å². The zero-order valence-electron chi connectivity index (χ0n) is 10.6. The van der Waals surface area contributed by atoms with Gasteiger partial charge in [0.2, 0.25) is 0 Å². The quantitative estimate of drug-likeness (QED) is 0.794. The SMILES string of the molecule is Cc1nc(-c2cc(Br)c3c(c2)OCCO3)nc(N)c1Br. The number of hydrogen-bond acceptors (Lipinski definition) is 5. The normalized spacial score (nSPS) is 13.3. The number of nitrogen functional groups attached to an aromatic ring is 1. The molecule has 1 aliphatic rings. The number of rotatable bonds is 1. The summed E-state index contributed by atoms with van der Waals surface area (Å²) in [6.07, 6.45) is 0. The van der Waals surface area contributed by atoms with Crippen LogP contribution in [0, 0.1) is 6.92 Å². The third-order valence-electron chi connectivity index (χ3n) is 2.90. The van der Waals surface area contributed by atoms with Crippen LogP contribution in [-0.2, 0) is 0 Å². The Labute approximate surface area is 132 Å². The molecule has 3 rings (SSSR count). The number of fused-ring (bicyclic) bond motifs is 1. The molecule has 5 nitrogen and oxygen atoms in total. The van der Waals surface area contributed by atoms with E-state index >= 15 is 0 Å². The first-order chi connectivity index (χ1) is 9.56. The maximum absolute atomic E-state index is 5.87. The molecule has 0 saturated heterocycles. The number of nitrogens with zero attached hydrogens (tertiary/aromatic N) is 2. The molecule has 0 unspecified atom stereocenters. The molecular formula is C13H11Br2N3O2. The highest BCUT2D eigenvalue weighted by Gasteiger charge is 2.18. The van der Waals surface area contributed by atoms with Crippen molar-refractivity contribution in [3.8, 4) is 22.9 Å². The molecule has 1 aromatic carbocycles. The first kappa shape index (κ1) is 13.6. The van der Waals surface area contributed by atoms with Crippen LogP contribution in [0.15, 0.2) is 21.1 Å². The second kappa shape index (κ2) is 5.21. The Morgan fingerprint density at radius 3 is 2.65 bits per heavy atom. The van der Waals surface area contributed by atoms with Gasteiger partial charge in [-0.1, -0.05) is 0 Å². The van der Waals surface area contributed by atoms with Gasteiger partial charge in [0.15, 0.2) is 17.3 Å². The summed E-state index contributed by atoms with van der Waals surface area (Å²) in [5.41, 5.74) is 7.48. The molecule has 20 heavy (non-hydrogen) atoms. The molecule has 2 N–H and O–H groups in total. The Morgan fingerprint density at radius 2 is 1.90 bits per heavy atom. The lowest BCUT2D eigenvalue weighted by Gasteiger charge is -2.20. The molecule has 7 heteroatoms. The summed E-state index contributed by atoms with van der Waals surface area (Å²) >= 11 is 6.84. The largest absolute Gasteiger partial charge is 0.486 e. The second-order valence-corrected chi connectivity index (χ2v) is 5.96. The van der Waals surface area contributed by atoms with Crippen LogP contribution in [0.2, 0.25) is 0 Å². The lowest BCUT2D eigenvalue weighted by Crippen LogP contribution is -2.15. The Kier molecular flexibility index (Phi) is 3.55. The molecule has 1 aromatic heterocycles. The van der Waals surface area contributed by atoms with E-state index in [2.05, 4.69) is 41.8 Å². The lowest BCUT2D eigenvalue weighted by atomic mass is 10.1. The fourth-order valence-corrected chi connectivity index (χ4v) is 2.68. The lowest BCUT2D eigenvalue weighted by molar-refractivity contribution is 0.170. The standard InChI is InChI=1S/C13H11Br2N3O2/c1-6-10(15)12(16)18-13(17-6)7-4-8(14)11-9(5-7)19-2-3-20-11/h4-5H,2-3H2,1H3,(H2,16,17,18). The van der Waals surface area contributed by atoms with Gasteiger partial charge in [-0.3, -0.25) is 0 Å². The van der Waals surface area contributed by atoms with E-state index in [1.165, 1.54) is 0 Å². The summed E-state index contributed by atoms with van der Waals surface area (Å²) in [6.45, 7) is 2.95. The molecule has 0 amide bonds. The van der Waals surface area contributed by atoms with E-state index in [1.54, 1.807) is 0 Å². The van der Waals surface area contributed by atoms with Gasteiger partial charge in [0.05, 0.1) is 14.6 Å². The molecular weight excluding hydrogens is 390 g/mol. The van der Waals surface area contributed by atoms with Crippen molar-refractivity contribution in [3.05, 3.63) is 26.8 Å². The Bertz CT molecular complexity index is 669. The maximum atomic E-state index is 5.87. The average molecular weight is 401 g/mol. The monoisotopic (exact) mass is 399 g/mol. The zero-order valence-corrected chi connectivity index (χ0v) is 13.8. The molecule has 0 spiro atoms. The van der Waals surface area contributed by atoms with Crippen LogP contribution in [-0.4, -0.2) is 23.2 Å². The number of aryl methyl sites for hydroxylation is 1. The molecule has 104 valence electrons. The van der Waals surface area contributed by atoms with Crippen LogP contribution >= 0.6 is 31.9 Å². The van der Waals surface area contributed by atoms with Gasteiger partial charge < -0.3 is 15.2 Å². The predicted octanol–water partition coefficient (Wildman–Crippen LogP) is 3.33. The van der Waals surface area contributed by atoms with Crippen molar-refractivity contribution in [2.24, 2.45) is 0 Å². The molecule has 2 aromatic rings. The smallest absolute Gasteiger partial charge is 0.175 e. The Hall–Kier alpha value is -1.34. The van der Waals surface area contributed by atoms with Crippen molar-refractivity contribution in [3.63, 3.8) is 0 Å². The zero-order chi connectivity index (χ0) is 14.3. The number of nitrogens with two attached hydrogens (primary N) is 1. The molecule has 0 fully saturated rings. The highest BCUT2D eigenvalue weighted by Crippen LogP contribution is 2.41. The number of aromatic nitrogens is 2. The topological polar surface area (TPSA) is 70.3 Å². The first-order valence-corrected chi connectivity index (χ1v) is 7.54. The van der Waals surface area contributed by atoms with Gasteiger partial charge >= 0.3 is 0 Å². The van der Waals surface area contributed by atoms with E-state index in [0.29, 0.717) is 36.4 Å². The summed E-state index contributed by atoms with van der Waals surface area (Å²) in [5.74, 6) is 2.37. The summed E-state index contributed by atoms with van der Waals surface area (Å²) in [6, 6.07) is 3.76. The predicted molar refractivity (Wildman–Crippen MR) is 83.0 cm³/mol. The van der Waals surface area contributed by atoms with Gasteiger partial charge in [-0.2, -0.15) is 0 Å². The number of ether oxygens (including phenoxy) is 2. The summed E-state index contributed by atoms with van der Waals surface area (Å²) in [7, 11) is 0. The van der Waals surface area contributed by atoms with Crippen LogP contribution in [0.5, 0.6) is 11.5 Å². The molecule has 1 aliphatic heterocycles. The van der Waals surface area contributed by atoms with E-state index < -0.39 is 0 Å². The van der Waals surface area contributed by atoms with Gasteiger partial charge in [0, 0.05) is 5.56 Å².